The van der Waals surface area contributed by atoms with Crippen molar-refractivity contribution in [2.75, 3.05) is 0 Å². The van der Waals surface area contributed by atoms with E-state index >= 15 is 0 Å². The zero-order valence-electron chi connectivity index (χ0n) is 10.9. The molecule has 6 heteroatoms. The van der Waals surface area contributed by atoms with E-state index in [0.29, 0.717) is 12.1 Å². The standard InChI is InChI=1S/C13H16BrFN4/c1-3-19-8-17-18-13(19)7-16-9(2)11-5-4-10(14)6-12(11)15/h4-6,8-9,16H,3,7H2,1-2H3. The summed E-state index contributed by atoms with van der Waals surface area (Å²) in [6, 6.07) is 5.00. The number of aryl methyl sites for hydroxylation is 1. The Hall–Kier alpha value is -1.27. The molecular formula is C13H16BrFN4. The van der Waals surface area contributed by atoms with Gasteiger partial charge in [-0.05, 0) is 26.0 Å². The van der Waals surface area contributed by atoms with Gasteiger partial charge in [-0.25, -0.2) is 4.39 Å². The number of hydrogen-bond donors (Lipinski definition) is 1. The van der Waals surface area contributed by atoms with Crippen LogP contribution in [0.2, 0.25) is 0 Å². The van der Waals surface area contributed by atoms with Gasteiger partial charge >= 0.3 is 0 Å². The normalized spacial score (nSPS) is 12.6. The predicted molar refractivity (Wildman–Crippen MR) is 75.1 cm³/mol. The van der Waals surface area contributed by atoms with Gasteiger partial charge in [-0.2, -0.15) is 0 Å². The molecule has 0 saturated heterocycles. The van der Waals surface area contributed by atoms with Crippen LogP contribution in [0.25, 0.3) is 0 Å². The van der Waals surface area contributed by atoms with E-state index in [0.717, 1.165) is 16.8 Å². The lowest BCUT2D eigenvalue weighted by atomic mass is 10.1. The molecule has 4 nitrogen and oxygen atoms in total. The predicted octanol–water partition coefficient (Wildman–Crippen LogP) is 3.05. The molecule has 1 unspecified atom stereocenters. The minimum atomic E-state index is -0.216. The van der Waals surface area contributed by atoms with Gasteiger partial charge in [0.2, 0.25) is 0 Å². The van der Waals surface area contributed by atoms with E-state index in [1.807, 2.05) is 24.5 Å². The summed E-state index contributed by atoms with van der Waals surface area (Å²) in [4.78, 5) is 0. The van der Waals surface area contributed by atoms with Gasteiger partial charge in [0, 0.05) is 22.6 Å². The fourth-order valence-electron chi connectivity index (χ4n) is 1.89. The van der Waals surface area contributed by atoms with Crippen LogP contribution in [0.5, 0.6) is 0 Å². The molecule has 0 bridgehead atoms. The minimum Gasteiger partial charge on any atom is -0.317 e. The van der Waals surface area contributed by atoms with Crippen LogP contribution in [0.3, 0.4) is 0 Å². The van der Waals surface area contributed by atoms with E-state index in [4.69, 9.17) is 0 Å². The lowest BCUT2D eigenvalue weighted by molar-refractivity contribution is 0.509. The van der Waals surface area contributed by atoms with Gasteiger partial charge in [-0.15, -0.1) is 10.2 Å². The molecule has 0 fully saturated rings. The molecule has 1 heterocycles. The molecule has 1 atom stereocenters. The second kappa shape index (κ2) is 6.25. The molecule has 0 aliphatic rings. The highest BCUT2D eigenvalue weighted by molar-refractivity contribution is 9.10. The summed E-state index contributed by atoms with van der Waals surface area (Å²) in [5.74, 6) is 0.637. The van der Waals surface area contributed by atoms with Crippen LogP contribution in [0, 0.1) is 5.82 Å². The van der Waals surface area contributed by atoms with Crippen molar-refractivity contribution in [2.45, 2.75) is 33.0 Å². The highest BCUT2D eigenvalue weighted by Crippen LogP contribution is 2.21. The average Bonchev–Trinajstić information content (AvgIpc) is 2.83. The van der Waals surface area contributed by atoms with Crippen molar-refractivity contribution in [3.05, 3.63) is 46.2 Å². The number of nitrogens with zero attached hydrogens (tertiary/aromatic N) is 3. The van der Waals surface area contributed by atoms with Crippen LogP contribution in [0.4, 0.5) is 4.39 Å². The van der Waals surface area contributed by atoms with Gasteiger partial charge in [0.05, 0.1) is 6.54 Å². The summed E-state index contributed by atoms with van der Waals surface area (Å²) < 4.78 is 16.5. The van der Waals surface area contributed by atoms with Crippen molar-refractivity contribution in [3.8, 4) is 0 Å². The van der Waals surface area contributed by atoms with Crippen LogP contribution >= 0.6 is 15.9 Å². The van der Waals surface area contributed by atoms with E-state index in [1.165, 1.54) is 6.07 Å². The van der Waals surface area contributed by atoms with Crippen molar-refractivity contribution >= 4 is 15.9 Å². The fraction of sp³-hybridized carbons (Fsp3) is 0.385. The summed E-state index contributed by atoms with van der Waals surface area (Å²) in [5, 5.41) is 11.2. The van der Waals surface area contributed by atoms with Crippen molar-refractivity contribution in [3.63, 3.8) is 0 Å². The number of halogens is 2. The van der Waals surface area contributed by atoms with Gasteiger partial charge in [0.1, 0.15) is 18.0 Å². The Morgan fingerprint density at radius 2 is 2.26 bits per heavy atom. The Labute approximate surface area is 120 Å². The van der Waals surface area contributed by atoms with Crippen LogP contribution in [0.15, 0.2) is 29.0 Å². The second-order valence-corrected chi connectivity index (χ2v) is 5.22. The van der Waals surface area contributed by atoms with Crippen molar-refractivity contribution in [1.29, 1.82) is 0 Å². The van der Waals surface area contributed by atoms with Gasteiger partial charge in [-0.3, -0.25) is 0 Å². The van der Waals surface area contributed by atoms with E-state index in [9.17, 15) is 4.39 Å². The maximum absolute atomic E-state index is 13.8. The fourth-order valence-corrected chi connectivity index (χ4v) is 2.22. The molecule has 0 aliphatic heterocycles. The van der Waals surface area contributed by atoms with Gasteiger partial charge in [0.15, 0.2) is 0 Å². The Bertz CT molecular complexity index is 555. The maximum atomic E-state index is 13.8. The SMILES string of the molecule is CCn1cnnc1CNC(C)c1ccc(Br)cc1F. The van der Waals surface area contributed by atoms with Crippen LogP contribution in [-0.4, -0.2) is 14.8 Å². The van der Waals surface area contributed by atoms with E-state index in [1.54, 1.807) is 12.4 Å². The molecule has 2 rings (SSSR count). The Morgan fingerprint density at radius 3 is 2.95 bits per heavy atom. The molecule has 102 valence electrons. The van der Waals surface area contributed by atoms with Crippen molar-refractivity contribution in [2.24, 2.45) is 0 Å². The number of benzene rings is 1. The third-order valence-electron chi connectivity index (χ3n) is 3.03. The first-order valence-electron chi connectivity index (χ1n) is 6.16. The quantitative estimate of drug-likeness (QED) is 0.918. The van der Waals surface area contributed by atoms with Crippen LogP contribution in [-0.2, 0) is 13.1 Å². The summed E-state index contributed by atoms with van der Waals surface area (Å²) in [6.07, 6.45) is 1.70. The smallest absolute Gasteiger partial charge is 0.146 e. The molecule has 0 saturated carbocycles. The van der Waals surface area contributed by atoms with Gasteiger partial charge in [-0.1, -0.05) is 22.0 Å². The van der Waals surface area contributed by atoms with E-state index < -0.39 is 0 Å². The first-order valence-corrected chi connectivity index (χ1v) is 6.96. The lowest BCUT2D eigenvalue weighted by Crippen LogP contribution is -2.21. The average molecular weight is 327 g/mol. The molecule has 0 radical (unpaired) electrons. The zero-order chi connectivity index (χ0) is 13.8. The number of rotatable bonds is 5. The maximum Gasteiger partial charge on any atom is 0.146 e. The molecule has 1 aromatic heterocycles. The number of hydrogen-bond acceptors (Lipinski definition) is 3. The molecule has 0 spiro atoms. The van der Waals surface area contributed by atoms with Crippen LogP contribution in [0.1, 0.15) is 31.3 Å². The Morgan fingerprint density at radius 1 is 1.47 bits per heavy atom. The van der Waals surface area contributed by atoms with Crippen LogP contribution < -0.4 is 5.32 Å². The summed E-state index contributed by atoms with van der Waals surface area (Å²) in [5.41, 5.74) is 0.644. The lowest BCUT2D eigenvalue weighted by Gasteiger charge is -2.15. The first-order chi connectivity index (χ1) is 9.11. The molecule has 2 aromatic rings. The molecule has 19 heavy (non-hydrogen) atoms. The zero-order valence-corrected chi connectivity index (χ0v) is 12.5. The first kappa shape index (κ1) is 14.1. The topological polar surface area (TPSA) is 42.7 Å². The molecular weight excluding hydrogens is 311 g/mol. The monoisotopic (exact) mass is 326 g/mol. The minimum absolute atomic E-state index is 0.0879. The van der Waals surface area contributed by atoms with Crippen molar-refractivity contribution in [1.82, 2.24) is 20.1 Å². The summed E-state index contributed by atoms with van der Waals surface area (Å²) in [7, 11) is 0. The highest BCUT2D eigenvalue weighted by Gasteiger charge is 2.12. The molecule has 1 N–H and O–H groups in total. The third-order valence-corrected chi connectivity index (χ3v) is 3.53. The highest BCUT2D eigenvalue weighted by atomic mass is 79.9. The Balaban J connectivity index is 2.03. The Kier molecular flexibility index (Phi) is 4.66. The molecule has 1 aromatic carbocycles. The summed E-state index contributed by atoms with van der Waals surface area (Å²) in [6.45, 7) is 5.35. The van der Waals surface area contributed by atoms with Gasteiger partial charge in [0.25, 0.3) is 0 Å². The van der Waals surface area contributed by atoms with Crippen molar-refractivity contribution < 1.29 is 4.39 Å². The number of aromatic nitrogens is 3. The third kappa shape index (κ3) is 3.39. The number of nitrogens with one attached hydrogen (secondary N) is 1. The van der Waals surface area contributed by atoms with E-state index in [-0.39, 0.29) is 11.9 Å². The molecule has 0 amide bonds. The summed E-state index contributed by atoms with van der Waals surface area (Å²) >= 11 is 3.25. The second-order valence-electron chi connectivity index (χ2n) is 4.30. The van der Waals surface area contributed by atoms with Gasteiger partial charge < -0.3 is 9.88 Å². The molecule has 0 aliphatic carbocycles. The largest absolute Gasteiger partial charge is 0.317 e. The van der Waals surface area contributed by atoms with E-state index in [2.05, 4.69) is 31.4 Å².